The van der Waals surface area contributed by atoms with Crippen LogP contribution in [0.25, 0.3) is 17.6 Å². The number of carbonyl (C=O) groups excluding carboxylic acids is 2. The highest BCUT2D eigenvalue weighted by atomic mass is 19.4. The molecule has 1 saturated carbocycles. The third-order valence-electron chi connectivity index (χ3n) is 5.89. The highest BCUT2D eigenvalue weighted by molar-refractivity contribution is 5.92. The number of amides is 2. The van der Waals surface area contributed by atoms with E-state index in [1.807, 2.05) is 0 Å². The molecule has 2 unspecified atom stereocenters. The van der Waals surface area contributed by atoms with E-state index in [9.17, 15) is 35.9 Å². The number of benzene rings is 1. The molecule has 2 atom stereocenters. The number of halogens is 6. The highest BCUT2D eigenvalue weighted by Gasteiger charge is 2.42. The summed E-state index contributed by atoms with van der Waals surface area (Å²) in [6.07, 6.45) is -3.09. The van der Waals surface area contributed by atoms with Crippen molar-refractivity contribution in [1.29, 1.82) is 0 Å². The molecular formula is C21H19F6N5O2. The summed E-state index contributed by atoms with van der Waals surface area (Å²) in [7, 11) is 0. The predicted octanol–water partition coefficient (Wildman–Crippen LogP) is 4.13. The summed E-state index contributed by atoms with van der Waals surface area (Å²) >= 11 is 0. The van der Waals surface area contributed by atoms with Gasteiger partial charge in [0, 0.05) is 30.3 Å². The Morgan fingerprint density at radius 3 is 2.29 bits per heavy atom. The van der Waals surface area contributed by atoms with Gasteiger partial charge in [0.25, 0.3) is 5.91 Å². The second kappa shape index (κ2) is 8.76. The smallest absolute Gasteiger partial charge is 0.273 e. The number of hydrogen-bond acceptors (Lipinski definition) is 4. The molecule has 0 radical (unpaired) electrons. The van der Waals surface area contributed by atoms with E-state index in [-0.39, 0.29) is 29.6 Å². The summed E-state index contributed by atoms with van der Waals surface area (Å²) in [6, 6.07) is 1.05. The van der Waals surface area contributed by atoms with E-state index < -0.39 is 35.0 Å². The fraction of sp³-hybridized carbons (Fsp3) is 0.429. The molecule has 182 valence electrons. The maximum Gasteiger partial charge on any atom is 0.416 e. The lowest BCUT2D eigenvalue weighted by Crippen LogP contribution is -2.43. The van der Waals surface area contributed by atoms with E-state index in [0.717, 1.165) is 49.0 Å². The Hall–Kier alpha value is -3.38. The lowest BCUT2D eigenvalue weighted by atomic mass is 9.81. The highest BCUT2D eigenvalue weighted by Crippen LogP contribution is 2.38. The standard InChI is InChI=1S/C21H19F6N5O2/c22-20(23,24)14-7-13(8-15(9-14)21(25,26)27)18-28-11-31(30-18)6-5-17(33)29-32-10-12-3-1-2-4-16(12)19(32)34/h5-9,11-12,16H,1-4,10H2,(H,29,33)/b6-5-. The van der Waals surface area contributed by atoms with Crippen LogP contribution >= 0.6 is 0 Å². The summed E-state index contributed by atoms with van der Waals surface area (Å²) < 4.78 is 79.3. The van der Waals surface area contributed by atoms with Gasteiger partial charge in [-0.05, 0) is 37.0 Å². The zero-order chi connectivity index (χ0) is 24.7. The van der Waals surface area contributed by atoms with Crippen molar-refractivity contribution in [3.05, 3.63) is 41.7 Å². The van der Waals surface area contributed by atoms with Crippen LogP contribution in [-0.4, -0.2) is 38.1 Å². The van der Waals surface area contributed by atoms with Crippen LogP contribution in [0.4, 0.5) is 26.3 Å². The molecule has 1 aliphatic heterocycles. The third kappa shape index (κ3) is 5.07. The molecule has 1 aromatic carbocycles. The number of carbonyl (C=O) groups is 2. The van der Waals surface area contributed by atoms with Crippen molar-refractivity contribution in [2.75, 3.05) is 6.54 Å². The minimum atomic E-state index is -5.00. The molecule has 1 saturated heterocycles. The van der Waals surface area contributed by atoms with Gasteiger partial charge in [-0.25, -0.2) is 9.67 Å². The molecule has 2 heterocycles. The predicted molar refractivity (Wildman–Crippen MR) is 106 cm³/mol. The topological polar surface area (TPSA) is 80.1 Å². The molecule has 1 N–H and O–H groups in total. The molecule has 0 bridgehead atoms. The second-order valence-electron chi connectivity index (χ2n) is 8.23. The summed E-state index contributed by atoms with van der Waals surface area (Å²) in [5, 5.41) is 5.11. The maximum atomic E-state index is 13.1. The van der Waals surface area contributed by atoms with Crippen molar-refractivity contribution in [1.82, 2.24) is 25.2 Å². The van der Waals surface area contributed by atoms with Gasteiger partial charge in [-0.2, -0.15) is 26.3 Å². The molecule has 2 amide bonds. The number of aromatic nitrogens is 3. The average Bonchev–Trinajstić information content (AvgIpc) is 3.36. The van der Waals surface area contributed by atoms with Crippen molar-refractivity contribution >= 4 is 18.0 Å². The Labute approximate surface area is 189 Å². The zero-order valence-electron chi connectivity index (χ0n) is 17.5. The first-order valence-corrected chi connectivity index (χ1v) is 10.4. The van der Waals surface area contributed by atoms with Crippen LogP contribution in [0.2, 0.25) is 0 Å². The normalized spacial score (nSPS) is 21.2. The SMILES string of the molecule is O=C(/C=C\n1cnc(-c2cc(C(F)(F)F)cc(C(F)(F)F)c2)n1)NN1CC2CCCCC2C1=O. The van der Waals surface area contributed by atoms with Crippen molar-refractivity contribution < 1.29 is 35.9 Å². The van der Waals surface area contributed by atoms with Crippen molar-refractivity contribution in [3.8, 4) is 11.4 Å². The first kappa shape index (κ1) is 23.8. The Morgan fingerprint density at radius 1 is 1.03 bits per heavy atom. The summed E-state index contributed by atoms with van der Waals surface area (Å²) in [5.74, 6) is -1.05. The lowest BCUT2D eigenvalue weighted by Gasteiger charge is -2.20. The number of nitrogens with one attached hydrogen (secondary N) is 1. The molecule has 4 rings (SSSR count). The molecular weight excluding hydrogens is 468 g/mol. The van der Waals surface area contributed by atoms with Gasteiger partial charge in [0.1, 0.15) is 6.33 Å². The van der Waals surface area contributed by atoms with Gasteiger partial charge in [-0.15, -0.1) is 5.10 Å². The Balaban J connectivity index is 1.47. The van der Waals surface area contributed by atoms with Crippen LogP contribution in [0, 0.1) is 11.8 Å². The Bertz CT molecular complexity index is 1090. The van der Waals surface area contributed by atoms with Crippen molar-refractivity contribution in [2.24, 2.45) is 11.8 Å². The monoisotopic (exact) mass is 487 g/mol. The van der Waals surface area contributed by atoms with Crippen LogP contribution in [-0.2, 0) is 21.9 Å². The molecule has 7 nitrogen and oxygen atoms in total. The number of hydrazine groups is 1. The van der Waals surface area contributed by atoms with Gasteiger partial charge in [0.2, 0.25) is 5.91 Å². The maximum absolute atomic E-state index is 13.1. The van der Waals surface area contributed by atoms with E-state index in [1.165, 1.54) is 5.01 Å². The molecule has 1 aromatic heterocycles. The zero-order valence-corrected chi connectivity index (χ0v) is 17.5. The molecule has 34 heavy (non-hydrogen) atoms. The number of nitrogens with zero attached hydrogens (tertiary/aromatic N) is 4. The van der Waals surface area contributed by atoms with Gasteiger partial charge in [0.15, 0.2) is 5.82 Å². The first-order chi connectivity index (χ1) is 15.9. The van der Waals surface area contributed by atoms with Gasteiger partial charge in [0.05, 0.1) is 11.1 Å². The van der Waals surface area contributed by atoms with Gasteiger partial charge >= 0.3 is 12.4 Å². The number of alkyl halides is 6. The summed E-state index contributed by atoms with van der Waals surface area (Å²) in [4.78, 5) is 28.4. The quantitative estimate of drug-likeness (QED) is 0.520. The van der Waals surface area contributed by atoms with Crippen LogP contribution < -0.4 is 5.43 Å². The van der Waals surface area contributed by atoms with E-state index in [2.05, 4.69) is 15.5 Å². The fourth-order valence-electron chi connectivity index (χ4n) is 4.25. The molecule has 13 heteroatoms. The van der Waals surface area contributed by atoms with E-state index >= 15 is 0 Å². The van der Waals surface area contributed by atoms with Crippen molar-refractivity contribution in [3.63, 3.8) is 0 Å². The first-order valence-electron chi connectivity index (χ1n) is 10.4. The number of hydrogen-bond donors (Lipinski definition) is 1. The van der Waals surface area contributed by atoms with Crippen LogP contribution in [0.1, 0.15) is 36.8 Å². The van der Waals surface area contributed by atoms with Crippen LogP contribution in [0.15, 0.2) is 30.6 Å². The fourth-order valence-corrected chi connectivity index (χ4v) is 4.25. The van der Waals surface area contributed by atoms with Crippen LogP contribution in [0.5, 0.6) is 0 Å². The average molecular weight is 487 g/mol. The summed E-state index contributed by atoms with van der Waals surface area (Å²) in [6.45, 7) is 0.424. The minimum Gasteiger partial charge on any atom is -0.273 e. The molecule has 1 aliphatic carbocycles. The minimum absolute atomic E-state index is 0.0144. The number of fused-ring (bicyclic) bond motifs is 1. The summed E-state index contributed by atoms with van der Waals surface area (Å²) in [5.41, 5.74) is -0.967. The third-order valence-corrected chi connectivity index (χ3v) is 5.89. The lowest BCUT2D eigenvalue weighted by molar-refractivity contribution is -0.143. The van der Waals surface area contributed by atoms with E-state index in [1.54, 1.807) is 0 Å². The Kier molecular flexibility index (Phi) is 6.13. The molecule has 2 fully saturated rings. The molecule has 0 spiro atoms. The van der Waals surface area contributed by atoms with Gasteiger partial charge < -0.3 is 0 Å². The van der Waals surface area contributed by atoms with Gasteiger partial charge in [-0.1, -0.05) is 12.8 Å². The molecule has 2 aromatic rings. The van der Waals surface area contributed by atoms with Crippen molar-refractivity contribution in [2.45, 2.75) is 38.0 Å². The Morgan fingerprint density at radius 2 is 1.68 bits per heavy atom. The van der Waals surface area contributed by atoms with E-state index in [0.29, 0.717) is 18.7 Å². The van der Waals surface area contributed by atoms with Gasteiger partial charge in [-0.3, -0.25) is 20.0 Å². The number of rotatable bonds is 4. The second-order valence-corrected chi connectivity index (χ2v) is 8.23. The molecule has 2 aliphatic rings. The van der Waals surface area contributed by atoms with E-state index in [4.69, 9.17) is 0 Å². The largest absolute Gasteiger partial charge is 0.416 e. The van der Waals surface area contributed by atoms with Crippen LogP contribution in [0.3, 0.4) is 0 Å².